The molecule has 2 rings (SSSR count). The third-order valence-corrected chi connectivity index (χ3v) is 4.19. The topological polar surface area (TPSA) is 62.5 Å². The minimum absolute atomic E-state index is 0.100. The molecule has 1 heterocycles. The fourth-order valence-corrected chi connectivity index (χ4v) is 2.71. The van der Waals surface area contributed by atoms with Gasteiger partial charge in [-0.1, -0.05) is 12.1 Å². The van der Waals surface area contributed by atoms with E-state index in [1.807, 2.05) is 50.1 Å². The molecule has 0 bridgehead atoms. The highest BCUT2D eigenvalue weighted by atomic mass is 79.9. The van der Waals surface area contributed by atoms with Gasteiger partial charge in [-0.2, -0.15) is 0 Å². The van der Waals surface area contributed by atoms with Crippen LogP contribution >= 0.6 is 15.9 Å². The van der Waals surface area contributed by atoms with Gasteiger partial charge in [0, 0.05) is 17.6 Å². The first kappa shape index (κ1) is 17.6. The molecule has 1 aromatic carbocycles. The number of benzene rings is 1. The average molecular weight is 381 g/mol. The van der Waals surface area contributed by atoms with Gasteiger partial charge >= 0.3 is 0 Å². The molecule has 0 aliphatic heterocycles. The lowest BCUT2D eigenvalue weighted by Crippen LogP contribution is -2.38. The van der Waals surface area contributed by atoms with Crippen molar-refractivity contribution in [3.05, 3.63) is 34.6 Å². The molecule has 0 spiro atoms. The van der Waals surface area contributed by atoms with Gasteiger partial charge < -0.3 is 9.32 Å². The maximum atomic E-state index is 12.1. The van der Waals surface area contributed by atoms with Crippen LogP contribution in [0.25, 0.3) is 11.5 Å². The van der Waals surface area contributed by atoms with Crippen LogP contribution in [0.1, 0.15) is 19.7 Å². The molecule has 0 fully saturated rings. The zero-order chi connectivity index (χ0) is 16.8. The van der Waals surface area contributed by atoms with Crippen LogP contribution in [-0.2, 0) is 11.3 Å². The number of aromatic nitrogens is 2. The van der Waals surface area contributed by atoms with E-state index >= 15 is 0 Å². The number of nitrogens with zero attached hydrogens (tertiary/aromatic N) is 4. The summed E-state index contributed by atoms with van der Waals surface area (Å²) in [6, 6.07) is 7.68. The van der Waals surface area contributed by atoms with Crippen LogP contribution in [0.3, 0.4) is 0 Å². The van der Waals surface area contributed by atoms with Gasteiger partial charge in [-0.15, -0.1) is 10.2 Å². The van der Waals surface area contributed by atoms with Gasteiger partial charge in [-0.05, 0) is 49.0 Å². The molecule has 1 amide bonds. The van der Waals surface area contributed by atoms with Crippen LogP contribution < -0.4 is 0 Å². The molecule has 0 radical (unpaired) electrons. The number of carbonyl (C=O) groups excluding carboxylic acids is 1. The fourth-order valence-electron chi connectivity index (χ4n) is 2.26. The number of halogens is 1. The van der Waals surface area contributed by atoms with E-state index in [1.165, 1.54) is 0 Å². The summed E-state index contributed by atoms with van der Waals surface area (Å²) in [7, 11) is 1.86. The molecule has 124 valence electrons. The van der Waals surface area contributed by atoms with E-state index in [1.54, 1.807) is 4.90 Å². The first-order valence-electron chi connectivity index (χ1n) is 7.58. The Balaban J connectivity index is 1.99. The first-order valence-corrected chi connectivity index (χ1v) is 8.38. The Kier molecular flexibility index (Phi) is 6.29. The van der Waals surface area contributed by atoms with Crippen LogP contribution in [0.15, 0.2) is 33.2 Å². The zero-order valence-electron chi connectivity index (χ0n) is 13.6. The van der Waals surface area contributed by atoms with Crippen molar-refractivity contribution in [2.75, 3.05) is 26.7 Å². The lowest BCUT2D eigenvalue weighted by molar-refractivity contribution is -0.131. The van der Waals surface area contributed by atoms with Crippen LogP contribution in [0.4, 0.5) is 0 Å². The summed E-state index contributed by atoms with van der Waals surface area (Å²) in [6.07, 6.45) is 0. The largest absolute Gasteiger partial charge is 0.419 e. The Morgan fingerprint density at radius 2 is 1.91 bits per heavy atom. The highest BCUT2D eigenvalue weighted by Crippen LogP contribution is 2.26. The molecule has 0 unspecified atom stereocenters. The molecule has 0 N–H and O–H groups in total. The Labute approximate surface area is 144 Å². The number of amides is 1. The highest BCUT2D eigenvalue weighted by molar-refractivity contribution is 9.10. The number of hydrogen-bond donors (Lipinski definition) is 0. The smallest absolute Gasteiger partial charge is 0.248 e. The number of rotatable bonds is 7. The predicted octanol–water partition coefficient (Wildman–Crippen LogP) is 2.80. The standard InChI is InChI=1S/C16H21BrN4O2/c1-4-21(5-2)15(22)11-20(3)10-14-18-19-16(23-14)12-8-6-7-9-13(12)17/h6-9H,4-5,10-11H2,1-3H3. The van der Waals surface area contributed by atoms with Crippen LogP contribution in [0, 0.1) is 0 Å². The molecule has 2 aromatic rings. The van der Waals surface area contributed by atoms with Crippen molar-refractivity contribution in [3.63, 3.8) is 0 Å². The van der Waals surface area contributed by atoms with Crippen molar-refractivity contribution < 1.29 is 9.21 Å². The molecular weight excluding hydrogens is 360 g/mol. The van der Waals surface area contributed by atoms with Crippen molar-refractivity contribution in [2.24, 2.45) is 0 Å². The van der Waals surface area contributed by atoms with Crippen LogP contribution in [0.5, 0.6) is 0 Å². The van der Waals surface area contributed by atoms with E-state index < -0.39 is 0 Å². The number of hydrogen-bond acceptors (Lipinski definition) is 5. The highest BCUT2D eigenvalue weighted by Gasteiger charge is 2.16. The molecule has 0 aliphatic rings. The maximum absolute atomic E-state index is 12.1. The third kappa shape index (κ3) is 4.62. The molecule has 0 saturated carbocycles. The number of likely N-dealkylation sites (N-methyl/N-ethyl adjacent to an activating group) is 2. The molecule has 0 atom stereocenters. The van der Waals surface area contributed by atoms with Crippen molar-refractivity contribution in [1.82, 2.24) is 20.0 Å². The third-order valence-electron chi connectivity index (χ3n) is 3.50. The minimum Gasteiger partial charge on any atom is -0.419 e. The van der Waals surface area contributed by atoms with Gasteiger partial charge in [0.15, 0.2) is 0 Å². The van der Waals surface area contributed by atoms with Gasteiger partial charge in [0.05, 0.1) is 18.7 Å². The molecule has 23 heavy (non-hydrogen) atoms. The van der Waals surface area contributed by atoms with Crippen molar-refractivity contribution in [2.45, 2.75) is 20.4 Å². The first-order chi connectivity index (χ1) is 11.0. The SMILES string of the molecule is CCN(CC)C(=O)CN(C)Cc1nnc(-c2ccccc2Br)o1. The molecular formula is C16H21BrN4O2. The van der Waals surface area contributed by atoms with Gasteiger partial charge in [0.1, 0.15) is 0 Å². The predicted molar refractivity (Wildman–Crippen MR) is 91.7 cm³/mol. The van der Waals surface area contributed by atoms with E-state index in [2.05, 4.69) is 26.1 Å². The second-order valence-corrected chi connectivity index (χ2v) is 6.07. The van der Waals surface area contributed by atoms with E-state index in [-0.39, 0.29) is 5.91 Å². The maximum Gasteiger partial charge on any atom is 0.248 e. The average Bonchev–Trinajstić information content (AvgIpc) is 2.97. The lowest BCUT2D eigenvalue weighted by Gasteiger charge is -2.22. The second kappa shape index (κ2) is 8.21. The lowest BCUT2D eigenvalue weighted by atomic mass is 10.2. The summed E-state index contributed by atoms with van der Waals surface area (Å²) >= 11 is 3.47. The van der Waals surface area contributed by atoms with Gasteiger partial charge in [-0.25, -0.2) is 0 Å². The summed E-state index contributed by atoms with van der Waals surface area (Å²) in [4.78, 5) is 15.8. The normalized spacial score (nSPS) is 11.0. The molecule has 0 saturated heterocycles. The van der Waals surface area contributed by atoms with Crippen molar-refractivity contribution in [1.29, 1.82) is 0 Å². The Morgan fingerprint density at radius 3 is 2.57 bits per heavy atom. The second-order valence-electron chi connectivity index (χ2n) is 5.22. The quantitative estimate of drug-likeness (QED) is 0.738. The number of carbonyl (C=O) groups is 1. The van der Waals surface area contributed by atoms with Crippen LogP contribution in [0.2, 0.25) is 0 Å². The minimum atomic E-state index is 0.100. The summed E-state index contributed by atoms with van der Waals surface area (Å²) < 4.78 is 6.60. The van der Waals surface area contributed by atoms with E-state index in [0.717, 1.165) is 23.1 Å². The van der Waals surface area contributed by atoms with E-state index in [4.69, 9.17) is 4.42 Å². The molecule has 7 heteroatoms. The van der Waals surface area contributed by atoms with Crippen molar-refractivity contribution >= 4 is 21.8 Å². The summed E-state index contributed by atoms with van der Waals surface area (Å²) in [5.74, 6) is 1.06. The molecule has 0 aliphatic carbocycles. The van der Waals surface area contributed by atoms with E-state index in [9.17, 15) is 4.79 Å². The monoisotopic (exact) mass is 380 g/mol. The Morgan fingerprint density at radius 1 is 1.22 bits per heavy atom. The summed E-state index contributed by atoms with van der Waals surface area (Å²) in [5, 5.41) is 8.14. The fraction of sp³-hybridized carbons (Fsp3) is 0.438. The summed E-state index contributed by atoms with van der Waals surface area (Å²) in [5.41, 5.74) is 0.855. The Hall–Kier alpha value is -1.73. The zero-order valence-corrected chi connectivity index (χ0v) is 15.2. The van der Waals surface area contributed by atoms with Crippen molar-refractivity contribution in [3.8, 4) is 11.5 Å². The summed E-state index contributed by atoms with van der Waals surface area (Å²) in [6.45, 7) is 6.15. The molecule has 6 nitrogen and oxygen atoms in total. The van der Waals surface area contributed by atoms with Gasteiger partial charge in [-0.3, -0.25) is 9.69 Å². The van der Waals surface area contributed by atoms with Crippen LogP contribution in [-0.4, -0.2) is 52.6 Å². The van der Waals surface area contributed by atoms with E-state index in [0.29, 0.717) is 24.9 Å². The molecule has 1 aromatic heterocycles. The van der Waals surface area contributed by atoms with Gasteiger partial charge in [0.25, 0.3) is 0 Å². The van der Waals surface area contributed by atoms with Gasteiger partial charge in [0.2, 0.25) is 17.7 Å². The Bertz CT molecular complexity index is 655.